The lowest BCUT2D eigenvalue weighted by Gasteiger charge is -2.47. The fourth-order valence-electron chi connectivity index (χ4n) is 4.50. The van der Waals surface area contributed by atoms with Crippen LogP contribution in [0.15, 0.2) is 11.6 Å². The summed E-state index contributed by atoms with van der Waals surface area (Å²) in [5.41, 5.74) is 0.287. The van der Waals surface area contributed by atoms with Crippen LogP contribution in [0.2, 0.25) is 0 Å². The van der Waals surface area contributed by atoms with Crippen LogP contribution < -0.4 is 0 Å². The molecule has 0 amide bonds. The summed E-state index contributed by atoms with van der Waals surface area (Å²) < 4.78 is 5.56. The number of ether oxygens (including phenoxy) is 1. The number of hydrogen-bond donors (Lipinski definition) is 1. The van der Waals surface area contributed by atoms with Gasteiger partial charge in [-0.15, -0.1) is 0 Å². The second kappa shape index (κ2) is 4.33. The third kappa shape index (κ3) is 1.66. The Kier molecular flexibility index (Phi) is 2.95. The molecule has 1 saturated heterocycles. The van der Waals surface area contributed by atoms with E-state index in [0.29, 0.717) is 6.42 Å². The lowest BCUT2D eigenvalue weighted by molar-refractivity contribution is -0.143. The zero-order valence-electron chi connectivity index (χ0n) is 12.2. The molecule has 3 aliphatic rings. The van der Waals surface area contributed by atoms with E-state index in [1.807, 2.05) is 13.8 Å². The number of carbonyl (C=O) groups excluding carboxylic acids is 1. The van der Waals surface area contributed by atoms with Gasteiger partial charge in [0.1, 0.15) is 6.10 Å². The van der Waals surface area contributed by atoms with Gasteiger partial charge in [-0.05, 0) is 30.3 Å². The Morgan fingerprint density at radius 1 is 1.35 bits per heavy atom. The van der Waals surface area contributed by atoms with Gasteiger partial charge in [-0.1, -0.05) is 26.8 Å². The predicted octanol–water partition coefficient (Wildman–Crippen LogP) is 2.04. The third-order valence-electron chi connectivity index (χ3n) is 5.55. The van der Waals surface area contributed by atoms with Crippen molar-refractivity contribution in [2.45, 2.75) is 45.8 Å². The molecule has 2 aliphatic carbocycles. The first-order valence-electron chi connectivity index (χ1n) is 7.41. The van der Waals surface area contributed by atoms with Crippen LogP contribution in [-0.4, -0.2) is 23.3 Å². The normalized spacial score (nSPS) is 50.5. The maximum atomic E-state index is 11.9. The molecule has 6 unspecified atom stereocenters. The summed E-state index contributed by atoms with van der Waals surface area (Å²) in [4.78, 5) is 11.9. The molecule has 4 heteroatoms. The van der Waals surface area contributed by atoms with E-state index in [1.54, 1.807) is 6.08 Å². The Labute approximate surface area is 119 Å². The fourth-order valence-corrected chi connectivity index (χ4v) is 4.50. The van der Waals surface area contributed by atoms with Crippen molar-refractivity contribution in [3.63, 3.8) is 0 Å². The largest absolute Gasteiger partial charge is 0.457 e. The minimum absolute atomic E-state index is 0.0664. The number of rotatable bonds is 0. The van der Waals surface area contributed by atoms with Crippen molar-refractivity contribution < 1.29 is 14.6 Å². The zero-order valence-corrected chi connectivity index (χ0v) is 12.2. The van der Waals surface area contributed by atoms with Gasteiger partial charge in [-0.3, -0.25) is 4.79 Å². The number of esters is 1. The number of aliphatic hydroxyl groups excluding tert-OH is 1. The first-order chi connectivity index (χ1) is 9.39. The maximum Gasteiger partial charge on any atom is 0.309 e. The van der Waals surface area contributed by atoms with Crippen molar-refractivity contribution in [2.24, 2.45) is 29.1 Å². The molecule has 1 heterocycles. The quantitative estimate of drug-likeness (QED) is 0.542. The molecule has 0 aromatic carbocycles. The highest BCUT2D eigenvalue weighted by Crippen LogP contribution is 2.56. The van der Waals surface area contributed by atoms with E-state index in [1.165, 1.54) is 0 Å². The topological polar surface area (TPSA) is 70.3 Å². The Bertz CT molecular complexity index is 520. The van der Waals surface area contributed by atoms with Gasteiger partial charge < -0.3 is 9.84 Å². The van der Waals surface area contributed by atoms with Crippen LogP contribution >= 0.6 is 0 Å². The minimum atomic E-state index is -0.566. The van der Waals surface area contributed by atoms with Crippen molar-refractivity contribution in [1.82, 2.24) is 0 Å². The number of nitrogens with zero attached hydrogens (tertiary/aromatic N) is 1. The Morgan fingerprint density at radius 2 is 2.00 bits per heavy atom. The van der Waals surface area contributed by atoms with Crippen molar-refractivity contribution in [3.8, 4) is 6.07 Å². The number of carbonyl (C=O) groups is 1. The van der Waals surface area contributed by atoms with Gasteiger partial charge in [-0.2, -0.15) is 5.26 Å². The van der Waals surface area contributed by atoms with Crippen LogP contribution in [0.25, 0.3) is 0 Å². The number of fused-ring (bicyclic) bond motifs is 3. The van der Waals surface area contributed by atoms with Crippen LogP contribution in [-0.2, 0) is 9.53 Å². The summed E-state index contributed by atoms with van der Waals surface area (Å²) in [6.45, 7) is 5.99. The van der Waals surface area contributed by atoms with Crippen molar-refractivity contribution in [2.75, 3.05) is 0 Å². The van der Waals surface area contributed by atoms with Crippen LogP contribution in [0.5, 0.6) is 0 Å². The smallest absolute Gasteiger partial charge is 0.309 e. The molecule has 0 aromatic heterocycles. The average Bonchev–Trinajstić information content (AvgIpc) is 2.69. The van der Waals surface area contributed by atoms with Crippen molar-refractivity contribution in [1.29, 1.82) is 5.26 Å². The van der Waals surface area contributed by atoms with E-state index in [0.717, 1.165) is 12.0 Å². The monoisotopic (exact) mass is 275 g/mol. The van der Waals surface area contributed by atoms with Gasteiger partial charge in [-0.25, -0.2) is 0 Å². The summed E-state index contributed by atoms with van der Waals surface area (Å²) in [7, 11) is 0. The highest BCUT2D eigenvalue weighted by Gasteiger charge is 2.58. The number of hydrogen-bond acceptors (Lipinski definition) is 4. The van der Waals surface area contributed by atoms with Crippen LogP contribution in [0, 0.1) is 40.4 Å². The van der Waals surface area contributed by atoms with Crippen LogP contribution in [0.3, 0.4) is 0 Å². The van der Waals surface area contributed by atoms with E-state index in [-0.39, 0.29) is 35.7 Å². The molecule has 7 atom stereocenters. The van der Waals surface area contributed by atoms with Gasteiger partial charge in [0, 0.05) is 5.92 Å². The lowest BCUT2D eigenvalue weighted by atomic mass is 9.55. The molecule has 1 aliphatic heterocycles. The molecule has 2 fully saturated rings. The van der Waals surface area contributed by atoms with E-state index < -0.39 is 11.5 Å². The van der Waals surface area contributed by atoms with Gasteiger partial charge in [0.15, 0.2) is 0 Å². The van der Waals surface area contributed by atoms with Crippen LogP contribution in [0.4, 0.5) is 0 Å². The highest BCUT2D eigenvalue weighted by atomic mass is 16.6. The molecule has 0 radical (unpaired) electrons. The first kappa shape index (κ1) is 13.6. The molecule has 1 N–H and O–H groups in total. The van der Waals surface area contributed by atoms with Crippen molar-refractivity contribution in [3.05, 3.63) is 11.6 Å². The van der Waals surface area contributed by atoms with Gasteiger partial charge in [0.25, 0.3) is 0 Å². The fraction of sp³-hybridized carbons (Fsp3) is 0.750. The summed E-state index contributed by atoms with van der Waals surface area (Å²) >= 11 is 0. The molecule has 0 bridgehead atoms. The van der Waals surface area contributed by atoms with Crippen LogP contribution in [0.1, 0.15) is 33.6 Å². The molecular weight excluding hydrogens is 254 g/mol. The molecule has 1 saturated carbocycles. The molecule has 0 spiro atoms. The number of nitriles is 1. The molecule has 20 heavy (non-hydrogen) atoms. The van der Waals surface area contributed by atoms with E-state index in [2.05, 4.69) is 13.0 Å². The lowest BCUT2D eigenvalue weighted by Crippen LogP contribution is -2.47. The minimum Gasteiger partial charge on any atom is -0.457 e. The highest BCUT2D eigenvalue weighted by molar-refractivity contribution is 5.76. The second-order valence-electron chi connectivity index (χ2n) is 6.89. The molecule has 0 aromatic rings. The Balaban J connectivity index is 2.08. The Morgan fingerprint density at radius 3 is 2.65 bits per heavy atom. The zero-order chi connectivity index (χ0) is 14.7. The average molecular weight is 275 g/mol. The molecule has 3 rings (SSSR count). The van der Waals surface area contributed by atoms with E-state index in [9.17, 15) is 15.2 Å². The van der Waals surface area contributed by atoms with Gasteiger partial charge in [0.05, 0.1) is 23.5 Å². The van der Waals surface area contributed by atoms with Gasteiger partial charge in [0.2, 0.25) is 0 Å². The van der Waals surface area contributed by atoms with Crippen molar-refractivity contribution >= 4 is 5.97 Å². The first-order valence-corrected chi connectivity index (χ1v) is 7.41. The second-order valence-corrected chi connectivity index (χ2v) is 6.89. The van der Waals surface area contributed by atoms with Gasteiger partial charge >= 0.3 is 5.97 Å². The predicted molar refractivity (Wildman–Crippen MR) is 72.2 cm³/mol. The summed E-state index contributed by atoms with van der Waals surface area (Å²) in [5.74, 6) is 0.187. The maximum absolute atomic E-state index is 11.9. The molecule has 4 nitrogen and oxygen atoms in total. The number of aliphatic hydroxyl groups is 1. The van der Waals surface area contributed by atoms with E-state index in [4.69, 9.17) is 4.74 Å². The third-order valence-corrected chi connectivity index (χ3v) is 5.55. The summed E-state index contributed by atoms with van der Waals surface area (Å²) in [6, 6.07) is 2.47. The SMILES string of the molecule is CC1CC2(C#N)CC(C)C3C(OC(=O)[C@H]3C)C2=CC1O. The summed E-state index contributed by atoms with van der Waals surface area (Å²) in [6.07, 6.45) is 2.33. The molecular formula is C16H21NO3. The van der Waals surface area contributed by atoms with E-state index >= 15 is 0 Å². The standard InChI is InChI=1S/C16H21NO3/c1-8-5-16(7-17)6-9(2)13-10(3)15(19)20-14(13)11(16)4-12(8)18/h4,8-10,12-14,18H,5-6H2,1-3H3/t8?,9?,10-,12?,13?,14?,16?/m0/s1. The Hall–Kier alpha value is -1.34. The summed E-state index contributed by atoms with van der Waals surface area (Å²) in [5, 5.41) is 19.9. The molecule has 108 valence electrons.